The van der Waals surface area contributed by atoms with Crippen molar-refractivity contribution in [3.05, 3.63) is 170 Å². The van der Waals surface area contributed by atoms with Gasteiger partial charge in [0.1, 0.15) is 11.2 Å². The number of rotatable bonds is 7. The predicted molar refractivity (Wildman–Crippen MR) is 205 cm³/mol. The second kappa shape index (κ2) is 11.3. The maximum Gasteiger partial charge on any atom is 0.135 e. The van der Waals surface area contributed by atoms with Crippen molar-refractivity contribution in [3.8, 4) is 33.4 Å². The van der Waals surface area contributed by atoms with Gasteiger partial charge in [0.05, 0.1) is 0 Å². The Morgan fingerprint density at radius 3 is 1.87 bits per heavy atom. The van der Waals surface area contributed by atoms with Crippen molar-refractivity contribution in [2.45, 2.75) is 0 Å². The van der Waals surface area contributed by atoms with Crippen molar-refractivity contribution in [3.63, 3.8) is 0 Å². The van der Waals surface area contributed by atoms with E-state index in [1.807, 2.05) is 36.4 Å². The van der Waals surface area contributed by atoms with Gasteiger partial charge in [-0.05, 0) is 108 Å². The fourth-order valence-electron chi connectivity index (χ4n) is 7.19. The fourth-order valence-corrected chi connectivity index (χ4v) is 7.19. The van der Waals surface area contributed by atoms with Gasteiger partial charge in [-0.3, -0.25) is 0 Å². The van der Waals surface area contributed by atoms with Gasteiger partial charge in [0, 0.05) is 10.8 Å². The van der Waals surface area contributed by atoms with Crippen LogP contribution >= 0.6 is 0 Å². The van der Waals surface area contributed by atoms with E-state index < -0.39 is 0 Å². The molecule has 0 saturated heterocycles. The quantitative estimate of drug-likeness (QED) is 0.177. The summed E-state index contributed by atoms with van der Waals surface area (Å²) in [5.41, 5.74) is 12.6. The number of fused-ring (bicyclic) bond motifs is 5. The minimum atomic E-state index is 0.871. The topological polar surface area (TPSA) is 13.1 Å². The van der Waals surface area contributed by atoms with Gasteiger partial charge in [0.2, 0.25) is 0 Å². The van der Waals surface area contributed by atoms with Crippen LogP contribution in [-0.4, -0.2) is 0 Å². The Kier molecular flexibility index (Phi) is 6.82. The van der Waals surface area contributed by atoms with Crippen molar-refractivity contribution in [1.82, 2.24) is 0 Å². The summed E-state index contributed by atoms with van der Waals surface area (Å²) in [5, 5.41) is 6.90. The molecule has 1 heterocycles. The summed E-state index contributed by atoms with van der Waals surface area (Å²) >= 11 is 0. The second-order valence-electron chi connectivity index (χ2n) is 11.8. The molecule has 7 aromatic carbocycles. The van der Waals surface area contributed by atoms with Crippen molar-refractivity contribution in [2.24, 2.45) is 0 Å². The Morgan fingerprint density at radius 1 is 0.404 bits per heavy atom. The van der Waals surface area contributed by atoms with Gasteiger partial charge in [-0.15, -0.1) is 0 Å². The molecule has 1 aromatic heterocycles. The molecule has 0 bridgehead atoms. The Labute approximate surface area is 274 Å². The van der Waals surface area contributed by atoms with Crippen LogP contribution in [0.1, 0.15) is 22.3 Å². The lowest BCUT2D eigenvalue weighted by molar-refractivity contribution is 0.669. The average Bonchev–Trinajstić information content (AvgIpc) is 3.50. The molecule has 47 heavy (non-hydrogen) atoms. The molecule has 0 unspecified atom stereocenters. The molecular weight excluding hydrogens is 569 g/mol. The molecule has 0 atom stereocenters. The first-order chi connectivity index (χ1) is 23.1. The lowest BCUT2D eigenvalue weighted by atomic mass is 9.81. The molecule has 0 aliphatic rings. The summed E-state index contributed by atoms with van der Waals surface area (Å²) in [6, 6.07) is 43.0. The number of hydrogen-bond acceptors (Lipinski definition) is 1. The maximum absolute atomic E-state index is 6.20. The highest BCUT2D eigenvalue weighted by molar-refractivity contribution is 6.15. The lowest BCUT2D eigenvalue weighted by Crippen LogP contribution is -1.98. The minimum absolute atomic E-state index is 0.871. The maximum atomic E-state index is 6.20. The van der Waals surface area contributed by atoms with Gasteiger partial charge in [0.15, 0.2) is 0 Å². The van der Waals surface area contributed by atoms with E-state index in [0.717, 1.165) is 82.8 Å². The number of benzene rings is 7. The van der Waals surface area contributed by atoms with Gasteiger partial charge in [-0.2, -0.15) is 0 Å². The molecule has 0 aliphatic carbocycles. The van der Waals surface area contributed by atoms with Crippen LogP contribution in [0, 0.1) is 0 Å². The molecule has 1 heteroatoms. The highest BCUT2D eigenvalue weighted by atomic mass is 16.3. The molecule has 0 aliphatic heterocycles. The Hall–Kier alpha value is -6.18. The van der Waals surface area contributed by atoms with E-state index >= 15 is 0 Å². The van der Waals surface area contributed by atoms with Crippen LogP contribution in [0.25, 0.3) is 101 Å². The van der Waals surface area contributed by atoms with Gasteiger partial charge < -0.3 is 4.42 Å². The monoisotopic (exact) mass is 600 g/mol. The summed E-state index contributed by atoms with van der Waals surface area (Å²) in [5.74, 6) is 0. The van der Waals surface area contributed by atoms with E-state index in [0.29, 0.717) is 0 Å². The molecule has 222 valence electrons. The fraction of sp³-hybridized carbons (Fsp3) is 0. The standard InChI is InChI=1S/C46H32O/c1-5-29-16-13-18-39(35(29)6-2)46-37(8-4)36(7-3)45(34-23-25-44-41(28-34)38-17-11-12-19-43(38)47-44)40-24-22-33(27-42(40)46)32-21-20-30-14-9-10-15-31(30)26-32/h5-28H,1-4H2. The van der Waals surface area contributed by atoms with E-state index in [9.17, 15) is 0 Å². The number of para-hydroxylation sites is 1. The van der Waals surface area contributed by atoms with Crippen LogP contribution in [0.2, 0.25) is 0 Å². The molecule has 0 saturated carbocycles. The normalized spacial score (nSPS) is 11.3. The lowest BCUT2D eigenvalue weighted by Gasteiger charge is -2.22. The van der Waals surface area contributed by atoms with Gasteiger partial charge >= 0.3 is 0 Å². The van der Waals surface area contributed by atoms with Crippen molar-refractivity contribution in [2.75, 3.05) is 0 Å². The van der Waals surface area contributed by atoms with Gasteiger partial charge in [-0.1, -0.05) is 142 Å². The summed E-state index contributed by atoms with van der Waals surface area (Å²) in [6.07, 6.45) is 7.76. The summed E-state index contributed by atoms with van der Waals surface area (Å²) in [4.78, 5) is 0. The SMILES string of the molecule is C=Cc1cccc(-c2c(C=C)c(C=C)c(-c3ccc4oc5ccccc5c4c3)c3ccc(-c4ccc5ccccc5c4)cc23)c1C=C. The highest BCUT2D eigenvalue weighted by Gasteiger charge is 2.22. The van der Waals surface area contributed by atoms with Crippen LogP contribution in [0.15, 0.2) is 152 Å². The average molecular weight is 601 g/mol. The van der Waals surface area contributed by atoms with Crippen LogP contribution < -0.4 is 0 Å². The molecule has 1 nitrogen and oxygen atoms in total. The third-order valence-corrected chi connectivity index (χ3v) is 9.38. The zero-order valence-corrected chi connectivity index (χ0v) is 26.1. The predicted octanol–water partition coefficient (Wildman–Crippen LogP) is 13.5. The zero-order chi connectivity index (χ0) is 32.1. The van der Waals surface area contributed by atoms with Crippen LogP contribution in [0.5, 0.6) is 0 Å². The molecule has 8 rings (SSSR count). The third kappa shape index (κ3) is 4.47. The Morgan fingerprint density at radius 2 is 1.06 bits per heavy atom. The van der Waals surface area contributed by atoms with Crippen LogP contribution in [0.3, 0.4) is 0 Å². The van der Waals surface area contributed by atoms with Crippen molar-refractivity contribution in [1.29, 1.82) is 0 Å². The molecule has 0 radical (unpaired) electrons. The largest absolute Gasteiger partial charge is 0.456 e. The second-order valence-corrected chi connectivity index (χ2v) is 11.8. The molecule has 0 spiro atoms. The third-order valence-electron chi connectivity index (χ3n) is 9.38. The van der Waals surface area contributed by atoms with Gasteiger partial charge in [0.25, 0.3) is 0 Å². The highest BCUT2D eigenvalue weighted by Crippen LogP contribution is 2.47. The van der Waals surface area contributed by atoms with Crippen molar-refractivity contribution < 1.29 is 4.42 Å². The molecule has 8 aromatic rings. The van der Waals surface area contributed by atoms with E-state index in [1.54, 1.807) is 0 Å². The van der Waals surface area contributed by atoms with Gasteiger partial charge in [-0.25, -0.2) is 0 Å². The molecule has 0 amide bonds. The Balaban J connectivity index is 1.50. The first-order valence-corrected chi connectivity index (χ1v) is 15.8. The summed E-state index contributed by atoms with van der Waals surface area (Å²) < 4.78 is 6.20. The van der Waals surface area contributed by atoms with E-state index in [-0.39, 0.29) is 0 Å². The first kappa shape index (κ1) is 28.3. The van der Waals surface area contributed by atoms with Crippen molar-refractivity contribution >= 4 is 67.8 Å². The summed E-state index contributed by atoms with van der Waals surface area (Å²) in [7, 11) is 0. The smallest absolute Gasteiger partial charge is 0.135 e. The number of furan rings is 1. The van der Waals surface area contributed by atoms with Crippen LogP contribution in [-0.2, 0) is 0 Å². The van der Waals surface area contributed by atoms with Crippen LogP contribution in [0.4, 0.5) is 0 Å². The van der Waals surface area contributed by atoms with E-state index in [4.69, 9.17) is 4.42 Å². The molecular formula is C46H32O. The van der Waals surface area contributed by atoms with E-state index in [1.165, 1.54) is 16.3 Å². The molecule has 0 fully saturated rings. The summed E-state index contributed by atoms with van der Waals surface area (Å²) in [6.45, 7) is 17.0. The first-order valence-electron chi connectivity index (χ1n) is 15.8. The molecule has 0 N–H and O–H groups in total. The number of hydrogen-bond donors (Lipinski definition) is 0. The Bertz CT molecular complexity index is 2590. The zero-order valence-electron chi connectivity index (χ0n) is 26.1. The minimum Gasteiger partial charge on any atom is -0.456 e. The van der Waals surface area contributed by atoms with E-state index in [2.05, 4.69) is 136 Å².